The Kier molecular flexibility index (Phi) is 5.43. The number of benzene rings is 2. The fraction of sp³-hybridized carbons (Fsp3) is 0.350. The lowest BCUT2D eigenvalue weighted by Gasteiger charge is -2.16. The summed E-state index contributed by atoms with van der Waals surface area (Å²) in [5, 5.41) is 9.60. The van der Waals surface area contributed by atoms with Crippen LogP contribution in [0.25, 0.3) is 0 Å². The molecule has 0 heterocycles. The lowest BCUT2D eigenvalue weighted by molar-refractivity contribution is -0.138. The highest BCUT2D eigenvalue weighted by atomic mass is 16.4. The fourth-order valence-corrected chi connectivity index (χ4v) is 2.63. The van der Waals surface area contributed by atoms with Gasteiger partial charge in [-0.25, -0.2) is 0 Å². The van der Waals surface area contributed by atoms with Crippen molar-refractivity contribution in [1.29, 1.82) is 0 Å². The lowest BCUT2D eigenvalue weighted by Crippen LogP contribution is -2.15. The first-order valence-electron chi connectivity index (χ1n) is 7.97. The van der Waals surface area contributed by atoms with Gasteiger partial charge in [0.15, 0.2) is 0 Å². The van der Waals surface area contributed by atoms with Crippen molar-refractivity contribution < 1.29 is 9.90 Å². The number of anilines is 1. The highest BCUT2D eigenvalue weighted by molar-refractivity contribution is 5.76. The summed E-state index contributed by atoms with van der Waals surface area (Å²) in [4.78, 5) is 13.7. The van der Waals surface area contributed by atoms with Crippen LogP contribution in [0, 0.1) is 0 Å². The van der Waals surface area contributed by atoms with Crippen LogP contribution in [0.3, 0.4) is 0 Å². The smallest absolute Gasteiger partial charge is 0.311 e. The molecule has 2 aromatic carbocycles. The van der Waals surface area contributed by atoms with Gasteiger partial charge in [0.25, 0.3) is 0 Å². The van der Waals surface area contributed by atoms with Crippen LogP contribution in [0.1, 0.15) is 42.4 Å². The number of hydrogen-bond donors (Lipinski definition) is 1. The van der Waals surface area contributed by atoms with Gasteiger partial charge in [0, 0.05) is 19.8 Å². The summed E-state index contributed by atoms with van der Waals surface area (Å²) in [5.41, 5.74) is 4.24. The largest absolute Gasteiger partial charge is 0.481 e. The molecule has 1 unspecified atom stereocenters. The zero-order chi connectivity index (χ0) is 17.0. The summed E-state index contributed by atoms with van der Waals surface area (Å²) in [6, 6.07) is 16.0. The van der Waals surface area contributed by atoms with E-state index in [-0.39, 0.29) is 0 Å². The third-order valence-electron chi connectivity index (χ3n) is 4.20. The van der Waals surface area contributed by atoms with Crippen LogP contribution in [0.15, 0.2) is 48.5 Å². The van der Waals surface area contributed by atoms with E-state index in [1.807, 2.05) is 55.4 Å². The Morgan fingerprint density at radius 3 is 1.91 bits per heavy atom. The van der Waals surface area contributed by atoms with Gasteiger partial charge in [0.1, 0.15) is 0 Å². The highest BCUT2D eigenvalue weighted by Gasteiger charge is 2.20. The van der Waals surface area contributed by atoms with Gasteiger partial charge in [-0.2, -0.15) is 0 Å². The van der Waals surface area contributed by atoms with Gasteiger partial charge in [-0.15, -0.1) is 0 Å². The molecule has 0 aliphatic rings. The summed E-state index contributed by atoms with van der Waals surface area (Å²) >= 11 is 0. The molecule has 122 valence electrons. The standard InChI is InChI=1S/C20H25NO2/c1-14(2)16-7-5-15(6-8-16)13-19(20(22)23)17-9-11-18(12-10-17)21(3)4/h5-12,14,19H,13H2,1-4H3,(H,22,23). The number of carboxylic acid groups (broad SMARTS) is 1. The zero-order valence-electron chi connectivity index (χ0n) is 14.3. The molecular weight excluding hydrogens is 286 g/mol. The van der Waals surface area contributed by atoms with E-state index in [0.717, 1.165) is 16.8 Å². The van der Waals surface area contributed by atoms with Crippen molar-refractivity contribution >= 4 is 11.7 Å². The van der Waals surface area contributed by atoms with Gasteiger partial charge in [-0.1, -0.05) is 50.2 Å². The van der Waals surface area contributed by atoms with E-state index in [1.54, 1.807) is 0 Å². The molecule has 23 heavy (non-hydrogen) atoms. The Labute approximate surface area is 138 Å². The third-order valence-corrected chi connectivity index (χ3v) is 4.20. The fourth-order valence-electron chi connectivity index (χ4n) is 2.63. The molecule has 2 aromatic rings. The minimum Gasteiger partial charge on any atom is -0.481 e. The second-order valence-corrected chi connectivity index (χ2v) is 6.48. The topological polar surface area (TPSA) is 40.5 Å². The predicted octanol–water partition coefficient (Wildman–Crippen LogP) is 4.29. The maximum atomic E-state index is 11.7. The number of nitrogens with zero attached hydrogens (tertiary/aromatic N) is 1. The summed E-state index contributed by atoms with van der Waals surface area (Å²) in [6.45, 7) is 4.31. The van der Waals surface area contributed by atoms with Crippen LogP contribution in [0.4, 0.5) is 5.69 Å². The normalized spacial score (nSPS) is 12.2. The van der Waals surface area contributed by atoms with Crippen LogP contribution in [-0.4, -0.2) is 25.2 Å². The Morgan fingerprint density at radius 1 is 0.957 bits per heavy atom. The molecule has 1 N–H and O–H groups in total. The van der Waals surface area contributed by atoms with E-state index in [1.165, 1.54) is 5.56 Å². The molecular formula is C20H25NO2. The van der Waals surface area contributed by atoms with E-state index in [0.29, 0.717) is 12.3 Å². The maximum Gasteiger partial charge on any atom is 0.311 e. The van der Waals surface area contributed by atoms with Gasteiger partial charge in [0.2, 0.25) is 0 Å². The third kappa shape index (κ3) is 4.35. The van der Waals surface area contributed by atoms with Gasteiger partial charge in [-0.3, -0.25) is 4.79 Å². The van der Waals surface area contributed by atoms with E-state index in [4.69, 9.17) is 0 Å². The number of rotatable bonds is 6. The van der Waals surface area contributed by atoms with E-state index in [9.17, 15) is 9.90 Å². The number of carbonyl (C=O) groups is 1. The Hall–Kier alpha value is -2.29. The average molecular weight is 311 g/mol. The van der Waals surface area contributed by atoms with E-state index in [2.05, 4.69) is 26.0 Å². The first-order valence-corrected chi connectivity index (χ1v) is 7.97. The monoisotopic (exact) mass is 311 g/mol. The van der Waals surface area contributed by atoms with Gasteiger partial charge < -0.3 is 10.0 Å². The summed E-state index contributed by atoms with van der Waals surface area (Å²) < 4.78 is 0. The molecule has 1 atom stereocenters. The summed E-state index contributed by atoms with van der Waals surface area (Å²) in [7, 11) is 3.94. The molecule has 3 heteroatoms. The molecule has 0 aromatic heterocycles. The highest BCUT2D eigenvalue weighted by Crippen LogP contribution is 2.25. The van der Waals surface area contributed by atoms with Crippen LogP contribution in [-0.2, 0) is 11.2 Å². The molecule has 3 nitrogen and oxygen atoms in total. The van der Waals surface area contributed by atoms with E-state index < -0.39 is 11.9 Å². The first-order chi connectivity index (χ1) is 10.9. The molecule has 2 rings (SSSR count). The molecule has 0 aliphatic heterocycles. The first kappa shape index (κ1) is 17.1. The second-order valence-electron chi connectivity index (χ2n) is 6.48. The Balaban J connectivity index is 2.20. The van der Waals surface area contributed by atoms with Crippen LogP contribution < -0.4 is 4.90 Å². The average Bonchev–Trinajstić information content (AvgIpc) is 2.53. The quantitative estimate of drug-likeness (QED) is 0.865. The number of carboxylic acids is 1. The lowest BCUT2D eigenvalue weighted by atomic mass is 9.91. The zero-order valence-corrected chi connectivity index (χ0v) is 14.3. The van der Waals surface area contributed by atoms with Crippen molar-refractivity contribution in [3.63, 3.8) is 0 Å². The van der Waals surface area contributed by atoms with Gasteiger partial charge >= 0.3 is 5.97 Å². The molecule has 0 saturated carbocycles. The number of aliphatic carboxylic acids is 1. The summed E-state index contributed by atoms with van der Waals surface area (Å²) in [5.74, 6) is -0.815. The van der Waals surface area contributed by atoms with Crippen molar-refractivity contribution in [2.24, 2.45) is 0 Å². The predicted molar refractivity (Wildman–Crippen MR) is 95.4 cm³/mol. The Morgan fingerprint density at radius 2 is 1.48 bits per heavy atom. The van der Waals surface area contributed by atoms with Gasteiger partial charge in [0.05, 0.1) is 5.92 Å². The van der Waals surface area contributed by atoms with Gasteiger partial charge in [-0.05, 0) is 41.2 Å². The Bertz CT molecular complexity index is 642. The molecule has 0 radical (unpaired) electrons. The van der Waals surface area contributed by atoms with Crippen LogP contribution in [0.2, 0.25) is 0 Å². The van der Waals surface area contributed by atoms with Crippen molar-refractivity contribution in [3.05, 3.63) is 65.2 Å². The minimum atomic E-state index is -0.782. The van der Waals surface area contributed by atoms with Crippen molar-refractivity contribution in [2.75, 3.05) is 19.0 Å². The molecule has 0 bridgehead atoms. The minimum absolute atomic E-state index is 0.484. The SMILES string of the molecule is CC(C)c1ccc(CC(C(=O)O)c2ccc(N(C)C)cc2)cc1. The van der Waals surface area contributed by atoms with E-state index >= 15 is 0 Å². The maximum absolute atomic E-state index is 11.7. The van der Waals surface area contributed by atoms with Crippen molar-refractivity contribution in [3.8, 4) is 0 Å². The molecule has 0 amide bonds. The summed E-state index contributed by atoms with van der Waals surface area (Å²) in [6.07, 6.45) is 0.509. The molecule has 0 saturated heterocycles. The van der Waals surface area contributed by atoms with Crippen LogP contribution in [0.5, 0.6) is 0 Å². The molecule has 0 aliphatic carbocycles. The van der Waals surface area contributed by atoms with Crippen molar-refractivity contribution in [2.45, 2.75) is 32.1 Å². The second kappa shape index (κ2) is 7.32. The molecule has 0 spiro atoms. The molecule has 0 fully saturated rings. The van der Waals surface area contributed by atoms with Crippen LogP contribution >= 0.6 is 0 Å². The van der Waals surface area contributed by atoms with Crippen molar-refractivity contribution in [1.82, 2.24) is 0 Å². The number of hydrogen-bond acceptors (Lipinski definition) is 2.